The highest BCUT2D eigenvalue weighted by atomic mass is 16.6. The molecular weight excluding hydrogens is 262 g/mol. The first-order valence-corrected chi connectivity index (χ1v) is 5.77. The first-order valence-electron chi connectivity index (χ1n) is 5.77. The molecule has 20 heavy (non-hydrogen) atoms. The highest BCUT2D eigenvalue weighted by molar-refractivity contribution is 5.51. The maximum atomic E-state index is 10.6. The summed E-state index contributed by atoms with van der Waals surface area (Å²) >= 11 is 0. The molecule has 3 aromatic rings. The van der Waals surface area contributed by atoms with E-state index in [0.717, 1.165) is 5.56 Å². The molecule has 3 rings (SSSR count). The van der Waals surface area contributed by atoms with Crippen LogP contribution in [0.2, 0.25) is 0 Å². The van der Waals surface area contributed by atoms with Gasteiger partial charge in [0.15, 0.2) is 5.82 Å². The van der Waals surface area contributed by atoms with Crippen LogP contribution < -0.4 is 0 Å². The van der Waals surface area contributed by atoms with Crippen molar-refractivity contribution >= 4 is 5.69 Å². The quantitative estimate of drug-likeness (QED) is 0.530. The smallest absolute Gasteiger partial charge is 0.307 e. The first kappa shape index (κ1) is 12.0. The van der Waals surface area contributed by atoms with Gasteiger partial charge in [0.05, 0.1) is 4.92 Å². The van der Waals surface area contributed by atoms with Gasteiger partial charge in [-0.15, -0.1) is 0 Å². The molecule has 0 bridgehead atoms. The molecule has 2 heterocycles. The highest BCUT2D eigenvalue weighted by Crippen LogP contribution is 2.16. The molecule has 0 unspecified atom stereocenters. The van der Waals surface area contributed by atoms with Gasteiger partial charge in [-0.25, -0.2) is 0 Å². The number of hydrogen-bond acceptors (Lipinski definition) is 6. The fraction of sp³-hybridized carbons (Fsp3) is 0.0833. The second-order valence-electron chi connectivity index (χ2n) is 4.04. The summed E-state index contributed by atoms with van der Waals surface area (Å²) in [5.41, 5.74) is 0.745. The molecule has 8 heteroatoms. The minimum absolute atomic E-state index is 0.0724. The van der Waals surface area contributed by atoms with Gasteiger partial charge >= 0.3 is 5.69 Å². The highest BCUT2D eigenvalue weighted by Gasteiger charge is 2.12. The minimum atomic E-state index is -0.505. The van der Waals surface area contributed by atoms with Crippen molar-refractivity contribution in [2.45, 2.75) is 6.54 Å². The first-order chi connectivity index (χ1) is 9.72. The predicted molar refractivity (Wildman–Crippen MR) is 67.7 cm³/mol. The molecular formula is C12H9N5O3. The molecule has 0 fully saturated rings. The van der Waals surface area contributed by atoms with Gasteiger partial charge in [-0.05, 0) is 12.1 Å². The Kier molecular flexibility index (Phi) is 2.96. The van der Waals surface area contributed by atoms with Gasteiger partial charge in [0.2, 0.25) is 0 Å². The van der Waals surface area contributed by atoms with Crippen molar-refractivity contribution in [3.63, 3.8) is 0 Å². The van der Waals surface area contributed by atoms with Gasteiger partial charge in [0, 0.05) is 5.56 Å². The summed E-state index contributed by atoms with van der Waals surface area (Å²) in [6, 6.07) is 9.35. The van der Waals surface area contributed by atoms with Crippen molar-refractivity contribution in [3.05, 3.63) is 58.7 Å². The summed E-state index contributed by atoms with van der Waals surface area (Å²) in [6.45, 7) is 0.212. The summed E-state index contributed by atoms with van der Waals surface area (Å²) in [5.74, 6) is 0.809. The van der Waals surface area contributed by atoms with E-state index < -0.39 is 4.92 Å². The topological polar surface area (TPSA) is 99.9 Å². The lowest BCUT2D eigenvalue weighted by Crippen LogP contribution is -2.01. The summed E-state index contributed by atoms with van der Waals surface area (Å²) in [5, 5.41) is 18.3. The maximum absolute atomic E-state index is 10.6. The molecule has 100 valence electrons. The number of aromatic nitrogens is 4. The molecule has 0 saturated carbocycles. The van der Waals surface area contributed by atoms with Crippen LogP contribution in [0.5, 0.6) is 0 Å². The Morgan fingerprint density at radius 3 is 2.80 bits per heavy atom. The van der Waals surface area contributed by atoms with Crippen LogP contribution in [-0.2, 0) is 6.54 Å². The molecule has 1 aromatic carbocycles. The van der Waals surface area contributed by atoms with E-state index >= 15 is 0 Å². The zero-order chi connectivity index (χ0) is 13.9. The van der Waals surface area contributed by atoms with E-state index in [9.17, 15) is 10.1 Å². The third-order valence-electron chi connectivity index (χ3n) is 2.62. The summed E-state index contributed by atoms with van der Waals surface area (Å²) in [6.07, 6.45) is 2.50. The third kappa shape index (κ3) is 2.39. The molecule has 0 radical (unpaired) electrons. The molecule has 0 spiro atoms. The molecule has 0 atom stereocenters. The van der Waals surface area contributed by atoms with Gasteiger partial charge in [-0.3, -0.25) is 14.8 Å². The van der Waals surface area contributed by atoms with Gasteiger partial charge in [-0.1, -0.05) is 23.4 Å². The van der Waals surface area contributed by atoms with Crippen LogP contribution in [0.15, 0.2) is 47.2 Å². The Bertz CT molecular complexity index is 734. The number of nitrogens with zero attached hydrogens (tertiary/aromatic N) is 5. The summed E-state index contributed by atoms with van der Waals surface area (Å²) in [7, 11) is 0. The van der Waals surface area contributed by atoms with Crippen LogP contribution in [0.4, 0.5) is 5.69 Å². The van der Waals surface area contributed by atoms with E-state index in [1.807, 2.05) is 30.3 Å². The van der Waals surface area contributed by atoms with E-state index in [4.69, 9.17) is 4.52 Å². The minimum Gasteiger partial charge on any atom is -0.334 e. The molecule has 0 aliphatic rings. The molecule has 0 amide bonds. The lowest BCUT2D eigenvalue weighted by Gasteiger charge is -1.93. The van der Waals surface area contributed by atoms with E-state index in [0.29, 0.717) is 11.7 Å². The van der Waals surface area contributed by atoms with Crippen LogP contribution in [0.1, 0.15) is 5.82 Å². The van der Waals surface area contributed by atoms with Gasteiger partial charge in [0.1, 0.15) is 18.9 Å². The van der Waals surface area contributed by atoms with Crippen molar-refractivity contribution in [1.82, 2.24) is 19.9 Å². The Morgan fingerprint density at radius 1 is 1.30 bits per heavy atom. The van der Waals surface area contributed by atoms with E-state index in [-0.39, 0.29) is 12.2 Å². The molecule has 0 N–H and O–H groups in total. The largest absolute Gasteiger partial charge is 0.334 e. The Hall–Kier alpha value is -3.03. The van der Waals surface area contributed by atoms with E-state index in [2.05, 4.69) is 15.2 Å². The average molecular weight is 271 g/mol. The Labute approximate surface area is 112 Å². The zero-order valence-electron chi connectivity index (χ0n) is 10.2. The monoisotopic (exact) mass is 271 g/mol. The fourth-order valence-electron chi connectivity index (χ4n) is 1.69. The normalized spacial score (nSPS) is 10.6. The van der Waals surface area contributed by atoms with Gasteiger partial charge in [-0.2, -0.15) is 10.1 Å². The summed E-state index contributed by atoms with van der Waals surface area (Å²) < 4.78 is 6.53. The number of hydrogen-bond donors (Lipinski definition) is 0. The van der Waals surface area contributed by atoms with Crippen LogP contribution in [-0.4, -0.2) is 24.8 Å². The molecule has 0 saturated heterocycles. The summed E-state index contributed by atoms with van der Waals surface area (Å²) in [4.78, 5) is 14.3. The Balaban J connectivity index is 1.78. The van der Waals surface area contributed by atoms with Crippen molar-refractivity contribution in [1.29, 1.82) is 0 Å². The van der Waals surface area contributed by atoms with Crippen molar-refractivity contribution in [2.24, 2.45) is 0 Å². The zero-order valence-corrected chi connectivity index (χ0v) is 10.2. The average Bonchev–Trinajstić information content (AvgIpc) is 3.10. The maximum Gasteiger partial charge on any atom is 0.307 e. The van der Waals surface area contributed by atoms with Crippen LogP contribution in [0.3, 0.4) is 0 Å². The van der Waals surface area contributed by atoms with Crippen LogP contribution in [0.25, 0.3) is 11.5 Å². The van der Waals surface area contributed by atoms with Crippen molar-refractivity contribution in [2.75, 3.05) is 0 Å². The number of benzene rings is 1. The lowest BCUT2D eigenvalue weighted by atomic mass is 10.2. The lowest BCUT2D eigenvalue weighted by molar-refractivity contribution is -0.385. The second kappa shape index (κ2) is 4.92. The number of rotatable bonds is 4. The Morgan fingerprint density at radius 2 is 2.10 bits per heavy atom. The second-order valence-corrected chi connectivity index (χ2v) is 4.04. The van der Waals surface area contributed by atoms with E-state index in [1.165, 1.54) is 17.1 Å². The van der Waals surface area contributed by atoms with Crippen LogP contribution >= 0.6 is 0 Å². The molecule has 2 aromatic heterocycles. The molecule has 0 aliphatic carbocycles. The van der Waals surface area contributed by atoms with Crippen molar-refractivity contribution in [3.8, 4) is 11.5 Å². The van der Waals surface area contributed by atoms with Crippen molar-refractivity contribution < 1.29 is 9.45 Å². The van der Waals surface area contributed by atoms with Crippen LogP contribution in [0, 0.1) is 10.1 Å². The number of nitro groups is 1. The van der Waals surface area contributed by atoms with Gasteiger partial charge in [0.25, 0.3) is 5.89 Å². The fourth-order valence-corrected chi connectivity index (χ4v) is 1.69. The standard InChI is InChI=1S/C12H9N5O3/c18-17(19)10-6-13-16(7-10)8-11-14-12(20-15-11)9-4-2-1-3-5-9/h1-7H,8H2. The van der Waals surface area contributed by atoms with Gasteiger partial charge < -0.3 is 4.52 Å². The third-order valence-corrected chi connectivity index (χ3v) is 2.62. The molecule has 0 aliphatic heterocycles. The SMILES string of the molecule is O=[N+]([O-])c1cnn(Cc2noc(-c3ccccc3)n2)c1. The van der Waals surface area contributed by atoms with E-state index in [1.54, 1.807) is 0 Å². The molecule has 8 nitrogen and oxygen atoms in total. The predicted octanol–water partition coefficient (Wildman–Crippen LogP) is 1.89.